The highest BCUT2D eigenvalue weighted by atomic mass is 16.5. The summed E-state index contributed by atoms with van der Waals surface area (Å²) in [6.07, 6.45) is 0.733. The minimum absolute atomic E-state index is 0.00764. The molecule has 0 aliphatic heterocycles. The van der Waals surface area contributed by atoms with Gasteiger partial charge in [-0.05, 0) is 42.2 Å². The second kappa shape index (κ2) is 10.3. The molecule has 5 heteroatoms. The first-order valence-electron chi connectivity index (χ1n) is 8.96. The average Bonchev–Trinajstić information content (AvgIpc) is 2.66. The first-order chi connectivity index (χ1) is 12.6. The summed E-state index contributed by atoms with van der Waals surface area (Å²) in [5.41, 5.74) is 1.11. The standard InChI is InChI=1S/C21H28N2O3/c1-16(2)20(17-8-5-4-6-9-17)23-21(24)22-14-7-15-26-19-12-10-18(25-3)11-13-19/h4-6,8-13,16,20H,7,14-15H2,1-3H3,(H2,22,23,24). The predicted octanol–water partition coefficient (Wildman–Crippen LogP) is 4.16. The lowest BCUT2D eigenvalue weighted by molar-refractivity contribution is 0.231. The van der Waals surface area contributed by atoms with Gasteiger partial charge in [-0.25, -0.2) is 4.79 Å². The Morgan fingerprint density at radius 3 is 2.27 bits per heavy atom. The van der Waals surface area contributed by atoms with E-state index in [0.717, 1.165) is 23.5 Å². The smallest absolute Gasteiger partial charge is 0.315 e. The van der Waals surface area contributed by atoms with Crippen LogP contribution in [0.5, 0.6) is 11.5 Å². The lowest BCUT2D eigenvalue weighted by atomic mass is 9.96. The largest absolute Gasteiger partial charge is 0.497 e. The zero-order valence-electron chi connectivity index (χ0n) is 15.7. The van der Waals surface area contributed by atoms with Crippen molar-refractivity contribution in [2.24, 2.45) is 5.92 Å². The molecule has 5 nitrogen and oxygen atoms in total. The molecule has 26 heavy (non-hydrogen) atoms. The van der Waals surface area contributed by atoms with Crippen LogP contribution in [0.25, 0.3) is 0 Å². The van der Waals surface area contributed by atoms with Gasteiger partial charge in [-0.2, -0.15) is 0 Å². The SMILES string of the molecule is COc1ccc(OCCCNC(=O)NC(c2ccccc2)C(C)C)cc1. The zero-order valence-corrected chi connectivity index (χ0v) is 15.7. The molecule has 0 saturated carbocycles. The van der Waals surface area contributed by atoms with E-state index in [4.69, 9.17) is 9.47 Å². The fourth-order valence-electron chi connectivity index (χ4n) is 2.62. The molecule has 2 amide bonds. The Hall–Kier alpha value is -2.69. The van der Waals surface area contributed by atoms with Gasteiger partial charge in [0.1, 0.15) is 11.5 Å². The van der Waals surface area contributed by atoms with Crippen molar-refractivity contribution in [3.05, 3.63) is 60.2 Å². The van der Waals surface area contributed by atoms with Crippen LogP contribution in [0, 0.1) is 5.92 Å². The summed E-state index contributed by atoms with van der Waals surface area (Å²) in [4.78, 5) is 12.2. The lowest BCUT2D eigenvalue weighted by Crippen LogP contribution is -2.40. The molecule has 2 aromatic carbocycles. The fourth-order valence-corrected chi connectivity index (χ4v) is 2.62. The highest BCUT2D eigenvalue weighted by molar-refractivity contribution is 5.74. The Morgan fingerprint density at radius 1 is 1.00 bits per heavy atom. The maximum absolute atomic E-state index is 12.2. The number of amides is 2. The molecule has 0 fully saturated rings. The topological polar surface area (TPSA) is 59.6 Å². The number of hydrogen-bond donors (Lipinski definition) is 2. The molecule has 0 aromatic heterocycles. The van der Waals surface area contributed by atoms with E-state index in [-0.39, 0.29) is 12.1 Å². The summed E-state index contributed by atoms with van der Waals surface area (Å²) in [5.74, 6) is 1.90. The molecule has 0 spiro atoms. The van der Waals surface area contributed by atoms with E-state index in [1.807, 2.05) is 54.6 Å². The Labute approximate surface area is 155 Å². The molecule has 0 aliphatic rings. The molecular weight excluding hydrogens is 328 g/mol. The number of nitrogens with one attached hydrogen (secondary N) is 2. The molecule has 1 atom stereocenters. The van der Waals surface area contributed by atoms with E-state index < -0.39 is 0 Å². The summed E-state index contributed by atoms with van der Waals surface area (Å²) in [5, 5.41) is 5.94. The van der Waals surface area contributed by atoms with Gasteiger partial charge in [-0.3, -0.25) is 0 Å². The number of benzene rings is 2. The summed E-state index contributed by atoms with van der Waals surface area (Å²) in [6, 6.07) is 17.3. The van der Waals surface area contributed by atoms with Crippen LogP contribution < -0.4 is 20.1 Å². The molecule has 0 bridgehead atoms. The van der Waals surface area contributed by atoms with Gasteiger partial charge in [0.05, 0.1) is 19.8 Å². The van der Waals surface area contributed by atoms with E-state index in [9.17, 15) is 4.79 Å². The number of methoxy groups -OCH3 is 1. The number of carbonyl (C=O) groups excluding carboxylic acids is 1. The molecular formula is C21H28N2O3. The zero-order chi connectivity index (χ0) is 18.8. The van der Waals surface area contributed by atoms with Crippen LogP contribution in [-0.2, 0) is 0 Å². The van der Waals surface area contributed by atoms with Crippen molar-refractivity contribution in [1.82, 2.24) is 10.6 Å². The van der Waals surface area contributed by atoms with Gasteiger partial charge in [0, 0.05) is 6.54 Å². The van der Waals surface area contributed by atoms with Gasteiger partial charge in [0.2, 0.25) is 0 Å². The number of ether oxygens (including phenoxy) is 2. The van der Waals surface area contributed by atoms with Gasteiger partial charge < -0.3 is 20.1 Å². The second-order valence-electron chi connectivity index (χ2n) is 6.41. The molecule has 0 saturated heterocycles. The quantitative estimate of drug-likeness (QED) is 0.663. The van der Waals surface area contributed by atoms with Crippen LogP contribution in [-0.4, -0.2) is 26.3 Å². The molecule has 2 N–H and O–H groups in total. The Kier molecular flexibility index (Phi) is 7.80. The second-order valence-corrected chi connectivity index (χ2v) is 6.41. The number of carbonyl (C=O) groups is 1. The van der Waals surface area contributed by atoms with Gasteiger partial charge >= 0.3 is 6.03 Å². The minimum atomic E-state index is -0.156. The first-order valence-corrected chi connectivity index (χ1v) is 8.96. The van der Waals surface area contributed by atoms with Crippen molar-refractivity contribution in [1.29, 1.82) is 0 Å². The van der Waals surface area contributed by atoms with E-state index in [2.05, 4.69) is 24.5 Å². The van der Waals surface area contributed by atoms with Crippen molar-refractivity contribution < 1.29 is 14.3 Å². The fraction of sp³-hybridized carbons (Fsp3) is 0.381. The van der Waals surface area contributed by atoms with Crippen molar-refractivity contribution in [3.63, 3.8) is 0 Å². The van der Waals surface area contributed by atoms with Crippen LogP contribution in [0.4, 0.5) is 4.79 Å². The van der Waals surface area contributed by atoms with Gasteiger partial charge in [0.15, 0.2) is 0 Å². The highest BCUT2D eigenvalue weighted by Crippen LogP contribution is 2.21. The van der Waals surface area contributed by atoms with Gasteiger partial charge in [0.25, 0.3) is 0 Å². The highest BCUT2D eigenvalue weighted by Gasteiger charge is 2.17. The molecule has 0 radical (unpaired) electrons. The monoisotopic (exact) mass is 356 g/mol. The third-order valence-electron chi connectivity index (χ3n) is 4.05. The van der Waals surface area contributed by atoms with E-state index in [1.165, 1.54) is 0 Å². The van der Waals surface area contributed by atoms with E-state index >= 15 is 0 Å². The van der Waals surface area contributed by atoms with Crippen molar-refractivity contribution >= 4 is 6.03 Å². The van der Waals surface area contributed by atoms with Crippen LogP contribution in [0.2, 0.25) is 0 Å². The van der Waals surface area contributed by atoms with Gasteiger partial charge in [-0.15, -0.1) is 0 Å². The average molecular weight is 356 g/mol. The third-order valence-corrected chi connectivity index (χ3v) is 4.05. The maximum Gasteiger partial charge on any atom is 0.315 e. The van der Waals surface area contributed by atoms with Crippen molar-refractivity contribution in [3.8, 4) is 11.5 Å². The third kappa shape index (κ3) is 6.31. The molecule has 1 unspecified atom stereocenters. The predicted molar refractivity (Wildman–Crippen MR) is 104 cm³/mol. The Balaban J connectivity index is 1.69. The van der Waals surface area contributed by atoms with Crippen LogP contribution in [0.15, 0.2) is 54.6 Å². The number of rotatable bonds is 9. The normalized spacial score (nSPS) is 11.7. The summed E-state index contributed by atoms with van der Waals surface area (Å²) >= 11 is 0. The van der Waals surface area contributed by atoms with Crippen molar-refractivity contribution in [2.75, 3.05) is 20.3 Å². The van der Waals surface area contributed by atoms with Gasteiger partial charge in [-0.1, -0.05) is 44.2 Å². The molecule has 0 aliphatic carbocycles. The molecule has 140 valence electrons. The minimum Gasteiger partial charge on any atom is -0.497 e. The van der Waals surface area contributed by atoms with Crippen LogP contribution in [0.3, 0.4) is 0 Å². The van der Waals surface area contributed by atoms with Crippen molar-refractivity contribution in [2.45, 2.75) is 26.3 Å². The maximum atomic E-state index is 12.2. The molecule has 2 rings (SSSR count). The summed E-state index contributed by atoms with van der Waals surface area (Å²) in [7, 11) is 1.63. The Bertz CT molecular complexity index is 657. The van der Waals surface area contributed by atoms with Crippen LogP contribution >= 0.6 is 0 Å². The number of urea groups is 1. The number of hydrogen-bond acceptors (Lipinski definition) is 3. The summed E-state index contributed by atoms with van der Waals surface area (Å²) in [6.45, 7) is 5.29. The molecule has 2 aromatic rings. The Morgan fingerprint density at radius 2 is 1.65 bits per heavy atom. The van der Waals surface area contributed by atoms with Crippen LogP contribution in [0.1, 0.15) is 31.9 Å². The van der Waals surface area contributed by atoms with E-state index in [0.29, 0.717) is 19.1 Å². The lowest BCUT2D eigenvalue weighted by Gasteiger charge is -2.23. The first kappa shape index (κ1) is 19.6. The summed E-state index contributed by atoms with van der Waals surface area (Å²) < 4.78 is 10.8. The molecule has 0 heterocycles. The van der Waals surface area contributed by atoms with E-state index in [1.54, 1.807) is 7.11 Å².